The summed E-state index contributed by atoms with van der Waals surface area (Å²) in [5.74, 6) is 0.839. The van der Waals surface area contributed by atoms with E-state index < -0.39 is 0 Å². The molecule has 3 nitrogen and oxygen atoms in total. The predicted molar refractivity (Wildman–Crippen MR) is 61.2 cm³/mol. The van der Waals surface area contributed by atoms with Gasteiger partial charge in [-0.25, -0.2) is 0 Å². The monoisotopic (exact) mass is 217 g/mol. The van der Waals surface area contributed by atoms with Crippen molar-refractivity contribution in [2.24, 2.45) is 0 Å². The molecule has 0 N–H and O–H groups in total. The van der Waals surface area contributed by atoms with Crippen LogP contribution < -0.4 is 4.74 Å². The molecule has 0 radical (unpaired) electrons. The summed E-state index contributed by atoms with van der Waals surface area (Å²) in [7, 11) is 0. The first-order valence-electron chi connectivity index (χ1n) is 5.41. The van der Waals surface area contributed by atoms with Gasteiger partial charge in [-0.3, -0.25) is 4.79 Å². The Morgan fingerprint density at radius 3 is 2.88 bits per heavy atom. The maximum absolute atomic E-state index is 11.0. The van der Waals surface area contributed by atoms with Gasteiger partial charge in [0.25, 0.3) is 0 Å². The van der Waals surface area contributed by atoms with Crippen LogP contribution in [-0.2, 0) is 4.79 Å². The highest BCUT2D eigenvalue weighted by molar-refractivity contribution is 5.77. The fourth-order valence-corrected chi connectivity index (χ4v) is 1.31. The average Bonchev–Trinajstić information content (AvgIpc) is 2.34. The second-order valence-electron chi connectivity index (χ2n) is 3.45. The predicted octanol–water partition coefficient (Wildman–Crippen LogP) is 2.70. The van der Waals surface area contributed by atoms with Gasteiger partial charge in [0.1, 0.15) is 17.6 Å². The molecule has 0 amide bonds. The summed E-state index contributed by atoms with van der Waals surface area (Å²) in [6.45, 7) is 2.33. The molecule has 1 rings (SSSR count). The van der Waals surface area contributed by atoms with Crippen molar-refractivity contribution in [3.63, 3.8) is 0 Å². The van der Waals surface area contributed by atoms with Gasteiger partial charge in [-0.1, -0.05) is 19.1 Å². The standard InChI is InChI=1S/C13H15NO2/c1-2-12(15)7-5-9-16-13-8-4-3-6-11(13)10-14/h3-4,6,8H,2,5,7,9H2,1H3. The van der Waals surface area contributed by atoms with Crippen molar-refractivity contribution in [3.8, 4) is 11.8 Å². The zero-order valence-corrected chi connectivity index (χ0v) is 9.40. The Kier molecular flexibility index (Phi) is 5.07. The van der Waals surface area contributed by atoms with Crippen LogP contribution >= 0.6 is 0 Å². The third-order valence-corrected chi connectivity index (χ3v) is 2.26. The number of ketones is 1. The summed E-state index contributed by atoms with van der Waals surface area (Å²) in [6, 6.07) is 9.17. The Morgan fingerprint density at radius 1 is 1.44 bits per heavy atom. The fourth-order valence-electron chi connectivity index (χ4n) is 1.31. The number of hydrogen-bond donors (Lipinski definition) is 0. The zero-order valence-electron chi connectivity index (χ0n) is 9.40. The Labute approximate surface area is 95.7 Å². The van der Waals surface area contributed by atoms with Crippen molar-refractivity contribution >= 4 is 5.78 Å². The molecular weight excluding hydrogens is 202 g/mol. The van der Waals surface area contributed by atoms with Crippen molar-refractivity contribution in [1.29, 1.82) is 5.26 Å². The number of nitrogens with zero attached hydrogens (tertiary/aromatic N) is 1. The maximum Gasteiger partial charge on any atom is 0.137 e. The van der Waals surface area contributed by atoms with Gasteiger partial charge in [-0.15, -0.1) is 0 Å². The van der Waals surface area contributed by atoms with Crippen molar-refractivity contribution in [3.05, 3.63) is 29.8 Å². The SMILES string of the molecule is CCC(=O)CCCOc1ccccc1C#N. The third kappa shape index (κ3) is 3.74. The Morgan fingerprint density at radius 2 is 2.19 bits per heavy atom. The number of carbonyl (C=O) groups is 1. The molecule has 0 unspecified atom stereocenters. The molecular formula is C13H15NO2. The van der Waals surface area contributed by atoms with E-state index in [0.717, 1.165) is 0 Å². The summed E-state index contributed by atoms with van der Waals surface area (Å²) in [4.78, 5) is 11.0. The molecule has 0 spiro atoms. The Hall–Kier alpha value is -1.82. The second kappa shape index (κ2) is 6.62. The molecule has 0 aliphatic rings. The normalized spacial score (nSPS) is 9.50. The number of rotatable bonds is 6. The van der Waals surface area contributed by atoms with Crippen molar-refractivity contribution < 1.29 is 9.53 Å². The lowest BCUT2D eigenvalue weighted by Crippen LogP contribution is -2.02. The molecule has 0 saturated heterocycles. The summed E-state index contributed by atoms with van der Waals surface area (Å²) < 4.78 is 5.45. The van der Waals surface area contributed by atoms with Crippen LogP contribution in [0.4, 0.5) is 0 Å². The number of nitriles is 1. The van der Waals surface area contributed by atoms with Crippen LogP contribution in [0.2, 0.25) is 0 Å². The van der Waals surface area contributed by atoms with E-state index in [-0.39, 0.29) is 5.78 Å². The largest absolute Gasteiger partial charge is 0.492 e. The quantitative estimate of drug-likeness (QED) is 0.688. The van der Waals surface area contributed by atoms with Gasteiger partial charge in [0.15, 0.2) is 0 Å². The van der Waals surface area contributed by atoms with E-state index in [0.29, 0.717) is 37.2 Å². The first-order chi connectivity index (χ1) is 7.77. The number of carbonyl (C=O) groups excluding carboxylic acids is 1. The van der Waals surface area contributed by atoms with Gasteiger partial charge >= 0.3 is 0 Å². The maximum atomic E-state index is 11.0. The first-order valence-corrected chi connectivity index (χ1v) is 5.41. The minimum absolute atomic E-state index is 0.247. The van der Waals surface area contributed by atoms with Crippen LogP contribution in [0.25, 0.3) is 0 Å². The fraction of sp³-hybridized carbons (Fsp3) is 0.385. The van der Waals surface area contributed by atoms with Crippen molar-refractivity contribution in [2.45, 2.75) is 26.2 Å². The lowest BCUT2D eigenvalue weighted by Gasteiger charge is -2.06. The molecule has 0 aromatic heterocycles. The van der Waals surface area contributed by atoms with Crippen LogP contribution in [-0.4, -0.2) is 12.4 Å². The van der Waals surface area contributed by atoms with Gasteiger partial charge in [0, 0.05) is 12.8 Å². The van der Waals surface area contributed by atoms with Gasteiger partial charge in [-0.05, 0) is 18.6 Å². The van der Waals surface area contributed by atoms with Crippen molar-refractivity contribution in [2.75, 3.05) is 6.61 Å². The summed E-state index contributed by atoms with van der Waals surface area (Å²) in [6.07, 6.45) is 1.83. The third-order valence-electron chi connectivity index (χ3n) is 2.26. The van der Waals surface area contributed by atoms with Crippen LogP contribution in [0, 0.1) is 11.3 Å². The van der Waals surface area contributed by atoms with Crippen LogP contribution in [0.5, 0.6) is 5.75 Å². The molecule has 0 aliphatic carbocycles. The minimum Gasteiger partial charge on any atom is -0.492 e. The zero-order chi connectivity index (χ0) is 11.8. The Balaban J connectivity index is 2.38. The van der Waals surface area contributed by atoms with E-state index in [1.165, 1.54) is 0 Å². The number of hydrogen-bond acceptors (Lipinski definition) is 3. The number of Topliss-reactive ketones (excluding diaryl/α,β-unsaturated/α-hetero) is 1. The van der Waals surface area contributed by atoms with Gasteiger partial charge < -0.3 is 4.74 Å². The van der Waals surface area contributed by atoms with Gasteiger partial charge in [0.2, 0.25) is 0 Å². The van der Waals surface area contributed by atoms with Crippen LogP contribution in [0.1, 0.15) is 31.7 Å². The molecule has 0 heterocycles. The van der Waals surface area contributed by atoms with E-state index in [2.05, 4.69) is 6.07 Å². The molecule has 0 bridgehead atoms. The first kappa shape index (κ1) is 12.3. The summed E-state index contributed by atoms with van der Waals surface area (Å²) >= 11 is 0. The average molecular weight is 217 g/mol. The van der Waals surface area contributed by atoms with E-state index in [9.17, 15) is 4.79 Å². The van der Waals surface area contributed by atoms with E-state index in [4.69, 9.17) is 10.00 Å². The Bertz CT molecular complexity index is 393. The lowest BCUT2D eigenvalue weighted by atomic mass is 10.2. The van der Waals surface area contributed by atoms with Gasteiger partial charge in [-0.2, -0.15) is 5.26 Å². The molecule has 0 fully saturated rings. The van der Waals surface area contributed by atoms with E-state index in [1.54, 1.807) is 18.2 Å². The van der Waals surface area contributed by atoms with Crippen molar-refractivity contribution in [1.82, 2.24) is 0 Å². The minimum atomic E-state index is 0.247. The molecule has 0 aliphatic heterocycles. The smallest absolute Gasteiger partial charge is 0.137 e. The topological polar surface area (TPSA) is 50.1 Å². The summed E-state index contributed by atoms with van der Waals surface area (Å²) in [5.41, 5.74) is 0.532. The molecule has 0 saturated carbocycles. The van der Waals surface area contributed by atoms with Crippen LogP contribution in [0.15, 0.2) is 24.3 Å². The molecule has 1 aromatic carbocycles. The molecule has 16 heavy (non-hydrogen) atoms. The lowest BCUT2D eigenvalue weighted by molar-refractivity contribution is -0.118. The molecule has 0 atom stereocenters. The summed E-state index contributed by atoms with van der Waals surface area (Å²) in [5, 5.41) is 8.82. The number of benzene rings is 1. The number of para-hydroxylation sites is 1. The highest BCUT2D eigenvalue weighted by atomic mass is 16.5. The highest BCUT2D eigenvalue weighted by Gasteiger charge is 2.02. The molecule has 3 heteroatoms. The molecule has 1 aromatic rings. The molecule has 84 valence electrons. The van der Waals surface area contributed by atoms with E-state index in [1.807, 2.05) is 13.0 Å². The number of ether oxygens (including phenoxy) is 1. The van der Waals surface area contributed by atoms with E-state index >= 15 is 0 Å². The van der Waals surface area contributed by atoms with Crippen LogP contribution in [0.3, 0.4) is 0 Å². The second-order valence-corrected chi connectivity index (χ2v) is 3.45. The highest BCUT2D eigenvalue weighted by Crippen LogP contribution is 2.16. The van der Waals surface area contributed by atoms with Gasteiger partial charge in [0.05, 0.1) is 12.2 Å².